The Kier molecular flexibility index (Phi) is 3.54. The summed E-state index contributed by atoms with van der Waals surface area (Å²) in [6, 6.07) is 8.80. The molecule has 1 aromatic carbocycles. The molecule has 0 aliphatic carbocycles. The lowest BCUT2D eigenvalue weighted by atomic mass is 9.92. The van der Waals surface area contributed by atoms with Gasteiger partial charge in [0.15, 0.2) is 0 Å². The Labute approximate surface area is 128 Å². The summed E-state index contributed by atoms with van der Waals surface area (Å²) in [5, 5.41) is 8.58. The van der Waals surface area contributed by atoms with Crippen LogP contribution in [0.3, 0.4) is 0 Å². The Balaban J connectivity index is 2.01. The molecule has 2 heterocycles. The van der Waals surface area contributed by atoms with E-state index in [-0.39, 0.29) is 18.0 Å². The van der Waals surface area contributed by atoms with Crippen LogP contribution >= 0.6 is 0 Å². The number of carbonyl (C=O) groups is 1. The summed E-state index contributed by atoms with van der Waals surface area (Å²) in [4.78, 5) is 11.1. The van der Waals surface area contributed by atoms with E-state index in [0.29, 0.717) is 6.54 Å². The number of nitrogens with zero attached hydrogens (tertiary/aromatic N) is 1. The molecule has 0 spiro atoms. The largest absolute Gasteiger partial charge is 0.478 e. The van der Waals surface area contributed by atoms with Gasteiger partial charge in [-0.1, -0.05) is 31.2 Å². The highest BCUT2D eigenvalue weighted by atomic mass is 32.2. The molecule has 0 fully saturated rings. The molecule has 0 saturated carbocycles. The Morgan fingerprint density at radius 2 is 2.05 bits per heavy atom. The van der Waals surface area contributed by atoms with E-state index >= 15 is 0 Å². The monoisotopic (exact) mass is 321 g/mol. The Hall–Kier alpha value is -2.12. The zero-order valence-corrected chi connectivity index (χ0v) is 12.7. The van der Waals surface area contributed by atoms with Gasteiger partial charge in [0.2, 0.25) is 5.09 Å². The van der Waals surface area contributed by atoms with Crippen molar-refractivity contribution in [3.05, 3.63) is 53.3 Å². The molecule has 1 aliphatic heterocycles. The van der Waals surface area contributed by atoms with Gasteiger partial charge in [0.25, 0.3) is 10.0 Å². The third kappa shape index (κ3) is 2.32. The normalized spacial score (nSPS) is 18.9. The van der Waals surface area contributed by atoms with Crippen molar-refractivity contribution < 1.29 is 22.7 Å². The average molecular weight is 321 g/mol. The van der Waals surface area contributed by atoms with Gasteiger partial charge >= 0.3 is 5.97 Å². The number of fused-ring (bicyclic) bond motifs is 1. The molecule has 0 bridgehead atoms. The van der Waals surface area contributed by atoms with Gasteiger partial charge in [0, 0.05) is 13.1 Å². The molecule has 1 unspecified atom stereocenters. The third-order valence-corrected chi connectivity index (χ3v) is 5.59. The van der Waals surface area contributed by atoms with E-state index in [1.807, 2.05) is 31.2 Å². The van der Waals surface area contributed by atoms with Crippen molar-refractivity contribution in [2.24, 2.45) is 0 Å². The molecule has 6 nitrogen and oxygen atoms in total. The standard InChI is InChI=1S/C15H15NO5S/c1-10-8-16(9-11-4-2-3-5-12(10)11)22(19,20)15-13(14(17)18)6-7-21-15/h2-7,10H,8-9H2,1H3,(H,17,18). The molecule has 0 saturated heterocycles. The maximum atomic E-state index is 12.7. The van der Waals surface area contributed by atoms with E-state index in [9.17, 15) is 13.2 Å². The van der Waals surface area contributed by atoms with E-state index in [0.717, 1.165) is 23.5 Å². The zero-order chi connectivity index (χ0) is 15.9. The van der Waals surface area contributed by atoms with Gasteiger partial charge in [-0.05, 0) is 23.1 Å². The molecule has 3 rings (SSSR count). The summed E-state index contributed by atoms with van der Waals surface area (Å²) in [6.45, 7) is 2.45. The van der Waals surface area contributed by atoms with Crippen molar-refractivity contribution in [1.82, 2.24) is 4.31 Å². The van der Waals surface area contributed by atoms with Crippen molar-refractivity contribution in [2.75, 3.05) is 6.54 Å². The predicted octanol–water partition coefficient (Wildman–Crippen LogP) is 2.29. The van der Waals surface area contributed by atoms with Crippen molar-refractivity contribution in [3.63, 3.8) is 0 Å². The number of hydrogen-bond acceptors (Lipinski definition) is 4. The topological polar surface area (TPSA) is 87.8 Å². The van der Waals surface area contributed by atoms with Gasteiger partial charge in [-0.25, -0.2) is 13.2 Å². The predicted molar refractivity (Wildman–Crippen MR) is 78.1 cm³/mol. The first-order chi connectivity index (χ1) is 10.4. The van der Waals surface area contributed by atoms with Crippen LogP contribution in [0.15, 0.2) is 46.1 Å². The van der Waals surface area contributed by atoms with Gasteiger partial charge in [0.1, 0.15) is 5.56 Å². The Bertz CT molecular complexity index is 824. The SMILES string of the molecule is CC1CN(S(=O)(=O)c2occc2C(=O)O)Cc2ccccc21. The minimum Gasteiger partial charge on any atom is -0.478 e. The fraction of sp³-hybridized carbons (Fsp3) is 0.267. The van der Waals surface area contributed by atoms with Gasteiger partial charge in [-0.2, -0.15) is 4.31 Å². The second kappa shape index (κ2) is 5.26. The highest BCUT2D eigenvalue weighted by Crippen LogP contribution is 2.32. The molecule has 7 heteroatoms. The zero-order valence-electron chi connectivity index (χ0n) is 11.9. The smallest absolute Gasteiger partial charge is 0.340 e. The van der Waals surface area contributed by atoms with Crippen molar-refractivity contribution in [1.29, 1.82) is 0 Å². The summed E-state index contributed by atoms with van der Waals surface area (Å²) in [5.74, 6) is -1.29. The summed E-state index contributed by atoms with van der Waals surface area (Å²) in [6.07, 6.45) is 1.08. The highest BCUT2D eigenvalue weighted by Gasteiger charge is 2.36. The van der Waals surface area contributed by atoms with Crippen LogP contribution in [0.25, 0.3) is 0 Å². The van der Waals surface area contributed by atoms with Crippen LogP contribution < -0.4 is 0 Å². The second-order valence-corrected chi connectivity index (χ2v) is 7.16. The summed E-state index contributed by atoms with van der Waals surface area (Å²) >= 11 is 0. The second-order valence-electron chi connectivity index (χ2n) is 5.32. The molecule has 0 radical (unpaired) electrons. The summed E-state index contributed by atoms with van der Waals surface area (Å²) in [5.41, 5.74) is 1.70. The molecule has 22 heavy (non-hydrogen) atoms. The van der Waals surface area contributed by atoms with Crippen LogP contribution in [0.5, 0.6) is 0 Å². The summed E-state index contributed by atoms with van der Waals surface area (Å²) < 4.78 is 31.6. The van der Waals surface area contributed by atoms with Crippen LogP contribution in [0.4, 0.5) is 0 Å². The fourth-order valence-corrected chi connectivity index (χ4v) is 4.35. The number of carboxylic acids is 1. The minimum absolute atomic E-state index is 0.0305. The molecule has 1 atom stereocenters. The molecule has 116 valence electrons. The lowest BCUT2D eigenvalue weighted by molar-refractivity contribution is 0.0689. The molecule has 1 aromatic heterocycles. The number of furan rings is 1. The van der Waals surface area contributed by atoms with Crippen LogP contribution in [0.1, 0.15) is 34.3 Å². The van der Waals surface area contributed by atoms with E-state index in [1.54, 1.807) is 0 Å². The average Bonchev–Trinajstić information content (AvgIpc) is 2.97. The lowest BCUT2D eigenvalue weighted by Crippen LogP contribution is -2.37. The van der Waals surface area contributed by atoms with Gasteiger partial charge < -0.3 is 9.52 Å². The number of hydrogen-bond donors (Lipinski definition) is 1. The molecule has 1 N–H and O–H groups in total. The quantitative estimate of drug-likeness (QED) is 0.937. The number of benzene rings is 1. The number of rotatable bonds is 3. The number of carboxylic acid groups (broad SMARTS) is 1. The third-order valence-electron chi connectivity index (χ3n) is 3.84. The maximum Gasteiger partial charge on any atom is 0.340 e. The van der Waals surface area contributed by atoms with E-state index in [2.05, 4.69) is 0 Å². The van der Waals surface area contributed by atoms with Crippen LogP contribution in [0.2, 0.25) is 0 Å². The minimum atomic E-state index is -3.98. The van der Waals surface area contributed by atoms with Gasteiger partial charge in [-0.15, -0.1) is 0 Å². The fourth-order valence-electron chi connectivity index (χ4n) is 2.77. The first-order valence-corrected chi connectivity index (χ1v) is 8.24. The van der Waals surface area contributed by atoms with Crippen molar-refractivity contribution >= 4 is 16.0 Å². The Morgan fingerprint density at radius 3 is 2.77 bits per heavy atom. The van der Waals surface area contributed by atoms with E-state index < -0.39 is 21.1 Å². The first-order valence-electron chi connectivity index (χ1n) is 6.80. The first kappa shape index (κ1) is 14.8. The Morgan fingerprint density at radius 1 is 1.32 bits per heavy atom. The summed E-state index contributed by atoms with van der Waals surface area (Å²) in [7, 11) is -3.98. The van der Waals surface area contributed by atoms with Crippen molar-refractivity contribution in [2.45, 2.75) is 24.5 Å². The van der Waals surface area contributed by atoms with Gasteiger partial charge in [0.05, 0.1) is 6.26 Å². The van der Waals surface area contributed by atoms with Gasteiger partial charge in [-0.3, -0.25) is 0 Å². The molecule has 2 aromatic rings. The van der Waals surface area contributed by atoms with Crippen molar-refractivity contribution in [3.8, 4) is 0 Å². The molecule has 0 amide bonds. The highest BCUT2D eigenvalue weighted by molar-refractivity contribution is 7.89. The molecular formula is C15H15NO5S. The molecular weight excluding hydrogens is 306 g/mol. The van der Waals surface area contributed by atoms with E-state index in [1.165, 1.54) is 4.31 Å². The van der Waals surface area contributed by atoms with Crippen LogP contribution in [0, 0.1) is 0 Å². The number of sulfonamides is 1. The van der Waals surface area contributed by atoms with Crippen LogP contribution in [-0.2, 0) is 16.6 Å². The molecule has 1 aliphatic rings. The van der Waals surface area contributed by atoms with E-state index in [4.69, 9.17) is 9.52 Å². The number of aromatic carboxylic acids is 1. The lowest BCUT2D eigenvalue weighted by Gasteiger charge is -2.31. The maximum absolute atomic E-state index is 12.7. The van der Waals surface area contributed by atoms with Crippen LogP contribution in [-0.4, -0.2) is 30.3 Å².